The van der Waals surface area contributed by atoms with Crippen LogP contribution in [0.5, 0.6) is 0 Å². The third-order valence-electron chi connectivity index (χ3n) is 6.16. The van der Waals surface area contributed by atoms with Gasteiger partial charge < -0.3 is 10.1 Å². The van der Waals surface area contributed by atoms with Crippen LogP contribution in [0.4, 0.5) is 0 Å². The molecule has 5 heteroatoms. The Hall–Kier alpha value is -3.21. The number of aryl methyl sites for hydroxylation is 2. The highest BCUT2D eigenvalue weighted by Crippen LogP contribution is 2.31. The Labute approximate surface area is 175 Å². The molecule has 152 valence electrons. The van der Waals surface area contributed by atoms with Crippen LogP contribution in [0.1, 0.15) is 58.0 Å². The van der Waals surface area contributed by atoms with Gasteiger partial charge in [-0.15, -0.1) is 0 Å². The molecule has 0 spiro atoms. The minimum absolute atomic E-state index is 0.0212. The van der Waals surface area contributed by atoms with Crippen LogP contribution in [0.2, 0.25) is 0 Å². The van der Waals surface area contributed by atoms with E-state index in [1.807, 2.05) is 36.4 Å². The highest BCUT2D eigenvalue weighted by molar-refractivity contribution is 6.05. The van der Waals surface area contributed by atoms with Gasteiger partial charge in [-0.25, -0.2) is 4.79 Å². The molecule has 0 saturated heterocycles. The molecule has 0 fully saturated rings. The van der Waals surface area contributed by atoms with Gasteiger partial charge in [-0.3, -0.25) is 9.78 Å². The Balaban J connectivity index is 1.31. The van der Waals surface area contributed by atoms with Crippen LogP contribution in [0.15, 0.2) is 48.5 Å². The molecule has 1 amide bonds. The van der Waals surface area contributed by atoms with Gasteiger partial charge in [0.1, 0.15) is 0 Å². The first kappa shape index (κ1) is 18.8. The number of para-hydroxylation sites is 1. The summed E-state index contributed by atoms with van der Waals surface area (Å²) >= 11 is 0. The van der Waals surface area contributed by atoms with E-state index in [1.165, 1.54) is 11.1 Å². The van der Waals surface area contributed by atoms with E-state index < -0.39 is 5.97 Å². The van der Waals surface area contributed by atoms with Crippen LogP contribution in [0, 0.1) is 0 Å². The van der Waals surface area contributed by atoms with Crippen molar-refractivity contribution in [2.45, 2.75) is 44.6 Å². The summed E-state index contributed by atoms with van der Waals surface area (Å²) < 4.78 is 5.47. The molecular weight excluding hydrogens is 376 g/mol. The van der Waals surface area contributed by atoms with E-state index >= 15 is 0 Å². The molecule has 0 aliphatic heterocycles. The number of carbonyl (C=O) groups is 2. The zero-order chi connectivity index (χ0) is 20.5. The number of benzene rings is 2. The number of esters is 1. The number of carbonyl (C=O) groups excluding carboxylic acids is 2. The van der Waals surface area contributed by atoms with Crippen molar-refractivity contribution in [1.82, 2.24) is 10.3 Å². The second-order valence-corrected chi connectivity index (χ2v) is 8.07. The van der Waals surface area contributed by atoms with Crippen molar-refractivity contribution in [3.63, 3.8) is 0 Å². The van der Waals surface area contributed by atoms with Crippen molar-refractivity contribution in [3.05, 3.63) is 76.5 Å². The highest BCUT2D eigenvalue weighted by Gasteiger charge is 2.26. The molecule has 5 nitrogen and oxygen atoms in total. The molecule has 3 aromatic rings. The van der Waals surface area contributed by atoms with E-state index in [2.05, 4.69) is 17.4 Å². The summed E-state index contributed by atoms with van der Waals surface area (Å²) in [5.41, 5.74) is 5.77. The lowest BCUT2D eigenvalue weighted by molar-refractivity contribution is -0.125. The normalized spacial score (nSPS) is 17.3. The van der Waals surface area contributed by atoms with E-state index in [4.69, 9.17) is 9.72 Å². The second-order valence-electron chi connectivity index (χ2n) is 8.07. The predicted octanol–water partition coefficient (Wildman–Crippen LogP) is 4.07. The van der Waals surface area contributed by atoms with Crippen molar-refractivity contribution in [2.24, 2.45) is 0 Å². The molecule has 0 unspecified atom stereocenters. The van der Waals surface area contributed by atoms with Crippen LogP contribution in [-0.2, 0) is 28.8 Å². The fourth-order valence-electron chi connectivity index (χ4n) is 4.79. The summed E-state index contributed by atoms with van der Waals surface area (Å²) in [5, 5.41) is 3.84. The largest absolute Gasteiger partial charge is 0.452 e. The standard InChI is InChI=1S/C25H24N2O3/c28-23(27-20-13-5-8-16-7-1-2-9-17(16)20)15-30-25(29)24-18-10-3-4-12-21(18)26-22-14-6-11-19(22)24/h1-4,7,9-10,12,20H,5-6,8,11,13-15H2,(H,27,28)/t20-/m1/s1. The second kappa shape index (κ2) is 7.90. The SMILES string of the molecule is O=C(COC(=O)c1c2c(nc3ccccc13)CCC2)N[C@@H]1CCCc2ccccc21. The quantitative estimate of drug-likeness (QED) is 0.670. The molecule has 2 aliphatic carbocycles. The van der Waals surface area contributed by atoms with Crippen molar-refractivity contribution >= 4 is 22.8 Å². The summed E-state index contributed by atoms with van der Waals surface area (Å²) in [5.74, 6) is -0.703. The molecule has 2 aliphatic rings. The Morgan fingerprint density at radius 1 is 1.00 bits per heavy atom. The Morgan fingerprint density at radius 3 is 2.77 bits per heavy atom. The zero-order valence-electron chi connectivity index (χ0n) is 16.8. The molecule has 1 atom stereocenters. The number of fused-ring (bicyclic) bond motifs is 3. The lowest BCUT2D eigenvalue weighted by Crippen LogP contribution is -2.34. The summed E-state index contributed by atoms with van der Waals surface area (Å²) in [7, 11) is 0. The Bertz CT molecular complexity index is 1140. The number of nitrogens with one attached hydrogen (secondary N) is 1. The number of ether oxygens (including phenoxy) is 1. The monoisotopic (exact) mass is 400 g/mol. The molecule has 30 heavy (non-hydrogen) atoms. The fourth-order valence-corrected chi connectivity index (χ4v) is 4.79. The third-order valence-corrected chi connectivity index (χ3v) is 6.16. The van der Waals surface area contributed by atoms with E-state index in [-0.39, 0.29) is 18.6 Å². The van der Waals surface area contributed by atoms with Gasteiger partial charge in [0.2, 0.25) is 0 Å². The average Bonchev–Trinajstić information content (AvgIpc) is 3.24. The van der Waals surface area contributed by atoms with Crippen LogP contribution in [-0.4, -0.2) is 23.5 Å². The molecule has 1 heterocycles. The predicted molar refractivity (Wildman–Crippen MR) is 114 cm³/mol. The van der Waals surface area contributed by atoms with Gasteiger partial charge in [0, 0.05) is 11.1 Å². The van der Waals surface area contributed by atoms with E-state index in [1.54, 1.807) is 0 Å². The molecule has 0 radical (unpaired) electrons. The highest BCUT2D eigenvalue weighted by atomic mass is 16.5. The topological polar surface area (TPSA) is 68.3 Å². The van der Waals surface area contributed by atoms with E-state index in [0.29, 0.717) is 5.56 Å². The van der Waals surface area contributed by atoms with Crippen LogP contribution >= 0.6 is 0 Å². The van der Waals surface area contributed by atoms with Gasteiger partial charge in [0.05, 0.1) is 17.1 Å². The first-order valence-electron chi connectivity index (χ1n) is 10.7. The number of pyridine rings is 1. The molecule has 0 saturated carbocycles. The number of aromatic nitrogens is 1. The maximum atomic E-state index is 13.0. The van der Waals surface area contributed by atoms with Gasteiger partial charge in [-0.1, -0.05) is 42.5 Å². The van der Waals surface area contributed by atoms with E-state index in [0.717, 1.165) is 60.7 Å². The van der Waals surface area contributed by atoms with Crippen LogP contribution in [0.25, 0.3) is 10.9 Å². The van der Waals surface area contributed by atoms with Crippen LogP contribution in [0.3, 0.4) is 0 Å². The number of amides is 1. The minimum atomic E-state index is -0.439. The van der Waals surface area contributed by atoms with Gasteiger partial charge in [0.15, 0.2) is 6.61 Å². The molecule has 5 rings (SSSR count). The molecule has 1 N–H and O–H groups in total. The van der Waals surface area contributed by atoms with Crippen molar-refractivity contribution in [1.29, 1.82) is 0 Å². The summed E-state index contributed by atoms with van der Waals surface area (Å²) in [6.07, 6.45) is 5.67. The van der Waals surface area contributed by atoms with Gasteiger partial charge >= 0.3 is 5.97 Å². The molecule has 1 aromatic heterocycles. The van der Waals surface area contributed by atoms with Gasteiger partial charge in [0.25, 0.3) is 5.91 Å². The van der Waals surface area contributed by atoms with Crippen molar-refractivity contribution < 1.29 is 14.3 Å². The average molecular weight is 400 g/mol. The number of hydrogen-bond donors (Lipinski definition) is 1. The smallest absolute Gasteiger partial charge is 0.339 e. The number of rotatable bonds is 4. The summed E-state index contributed by atoms with van der Waals surface area (Å²) in [6.45, 7) is -0.275. The molecule has 0 bridgehead atoms. The first-order valence-corrected chi connectivity index (χ1v) is 10.7. The number of hydrogen-bond acceptors (Lipinski definition) is 4. The molecular formula is C25H24N2O3. The van der Waals surface area contributed by atoms with Crippen LogP contribution < -0.4 is 5.32 Å². The number of nitrogens with zero attached hydrogens (tertiary/aromatic N) is 1. The maximum absolute atomic E-state index is 13.0. The third kappa shape index (κ3) is 3.45. The Morgan fingerprint density at radius 2 is 1.83 bits per heavy atom. The zero-order valence-corrected chi connectivity index (χ0v) is 16.8. The minimum Gasteiger partial charge on any atom is -0.452 e. The van der Waals surface area contributed by atoms with Crippen molar-refractivity contribution in [3.8, 4) is 0 Å². The summed E-state index contributed by atoms with van der Waals surface area (Å²) in [6, 6.07) is 15.8. The first-order chi connectivity index (χ1) is 14.7. The fraction of sp³-hybridized carbons (Fsp3) is 0.320. The van der Waals surface area contributed by atoms with Gasteiger partial charge in [-0.2, -0.15) is 0 Å². The maximum Gasteiger partial charge on any atom is 0.339 e. The van der Waals surface area contributed by atoms with Gasteiger partial charge in [-0.05, 0) is 61.3 Å². The summed E-state index contributed by atoms with van der Waals surface area (Å²) in [4.78, 5) is 30.2. The van der Waals surface area contributed by atoms with Crippen molar-refractivity contribution in [2.75, 3.05) is 6.61 Å². The Kier molecular flexibility index (Phi) is 4.95. The van der Waals surface area contributed by atoms with E-state index in [9.17, 15) is 9.59 Å². The lowest BCUT2D eigenvalue weighted by atomic mass is 9.88. The molecule has 2 aromatic carbocycles. The lowest BCUT2D eigenvalue weighted by Gasteiger charge is -2.26.